The highest BCUT2D eigenvalue weighted by Gasteiger charge is 2.20. The molecule has 9 heteroatoms. The highest BCUT2D eigenvalue weighted by Crippen LogP contribution is 2.32. The molecule has 174 valence electrons. The van der Waals surface area contributed by atoms with Crippen molar-refractivity contribution in [3.8, 4) is 11.5 Å². The van der Waals surface area contributed by atoms with E-state index in [1.165, 1.54) is 5.56 Å². The van der Waals surface area contributed by atoms with Crippen LogP contribution in [0, 0.1) is 0 Å². The number of aromatic nitrogens is 1. The summed E-state index contributed by atoms with van der Waals surface area (Å²) in [7, 11) is -3.59. The van der Waals surface area contributed by atoms with Gasteiger partial charge in [0, 0.05) is 55.9 Å². The van der Waals surface area contributed by atoms with Crippen molar-refractivity contribution in [1.82, 2.24) is 19.5 Å². The lowest BCUT2D eigenvalue weighted by Gasteiger charge is -2.22. The van der Waals surface area contributed by atoms with E-state index in [1.54, 1.807) is 30.6 Å². The van der Waals surface area contributed by atoms with Crippen molar-refractivity contribution in [3.05, 3.63) is 60.4 Å². The first kappa shape index (κ1) is 22.1. The van der Waals surface area contributed by atoms with E-state index in [1.807, 2.05) is 12.1 Å². The van der Waals surface area contributed by atoms with Gasteiger partial charge < -0.3 is 14.4 Å². The van der Waals surface area contributed by atoms with Crippen LogP contribution in [0.3, 0.4) is 0 Å². The Morgan fingerprint density at radius 3 is 2.76 bits per heavy atom. The summed E-state index contributed by atoms with van der Waals surface area (Å²) in [5, 5.41) is 1.50. The van der Waals surface area contributed by atoms with E-state index >= 15 is 0 Å². The maximum absolute atomic E-state index is 12.9. The molecule has 0 atom stereocenters. The van der Waals surface area contributed by atoms with Crippen molar-refractivity contribution in [2.75, 3.05) is 46.1 Å². The number of fused-ring (bicyclic) bond motifs is 2. The Bertz CT molecular complexity index is 1230. The smallest absolute Gasteiger partial charge is 0.241 e. The number of ether oxygens (including phenoxy) is 2. The fourth-order valence-electron chi connectivity index (χ4n) is 4.45. The average Bonchev–Trinajstić information content (AvgIpc) is 3.18. The Morgan fingerprint density at radius 1 is 0.970 bits per heavy atom. The van der Waals surface area contributed by atoms with Crippen molar-refractivity contribution < 1.29 is 17.9 Å². The molecule has 0 amide bonds. The third-order valence-electron chi connectivity index (χ3n) is 6.17. The normalized spacial score (nSPS) is 17.3. The van der Waals surface area contributed by atoms with Crippen LogP contribution in [0.5, 0.6) is 11.5 Å². The van der Waals surface area contributed by atoms with Crippen molar-refractivity contribution in [1.29, 1.82) is 0 Å². The predicted molar refractivity (Wildman–Crippen MR) is 126 cm³/mol. The van der Waals surface area contributed by atoms with Crippen LogP contribution in [0.2, 0.25) is 0 Å². The molecule has 0 bridgehead atoms. The quantitative estimate of drug-likeness (QED) is 0.570. The van der Waals surface area contributed by atoms with Crippen LogP contribution in [0.4, 0.5) is 0 Å². The first-order valence-electron chi connectivity index (χ1n) is 11.2. The number of nitrogens with one attached hydrogen (secondary N) is 1. The lowest BCUT2D eigenvalue weighted by atomic mass is 10.2. The van der Waals surface area contributed by atoms with E-state index in [4.69, 9.17) is 9.47 Å². The Balaban J connectivity index is 1.13. The van der Waals surface area contributed by atoms with Gasteiger partial charge in [0.2, 0.25) is 16.8 Å². The standard InChI is InChI=1S/C24H28N4O4S/c29-33(30,24-4-1-3-20-16-25-8-7-21(20)24)26-9-12-27-10-2-11-28(14-13-27)17-19-5-6-22-23(15-19)32-18-31-22/h1,3-8,15-16,26H,2,9-14,17-18H2. The zero-order valence-corrected chi connectivity index (χ0v) is 19.3. The minimum absolute atomic E-state index is 0.291. The highest BCUT2D eigenvalue weighted by atomic mass is 32.2. The number of sulfonamides is 1. The summed E-state index contributed by atoms with van der Waals surface area (Å²) < 4.78 is 39.5. The molecule has 3 heterocycles. The van der Waals surface area contributed by atoms with Crippen molar-refractivity contribution in [3.63, 3.8) is 0 Å². The molecule has 2 aliphatic heterocycles. The van der Waals surface area contributed by atoms with Crippen LogP contribution in [0.15, 0.2) is 59.8 Å². The highest BCUT2D eigenvalue weighted by molar-refractivity contribution is 7.89. The van der Waals surface area contributed by atoms with Crippen molar-refractivity contribution >= 4 is 20.8 Å². The summed E-state index contributed by atoms with van der Waals surface area (Å²) in [6.45, 7) is 6.05. The van der Waals surface area contributed by atoms with Gasteiger partial charge >= 0.3 is 0 Å². The maximum atomic E-state index is 12.9. The van der Waals surface area contributed by atoms with E-state index in [-0.39, 0.29) is 0 Å². The summed E-state index contributed by atoms with van der Waals surface area (Å²) in [6.07, 6.45) is 4.35. The zero-order chi connectivity index (χ0) is 22.7. The van der Waals surface area contributed by atoms with Crippen LogP contribution in [-0.4, -0.2) is 69.3 Å². The number of nitrogens with zero attached hydrogens (tertiary/aromatic N) is 3. The molecular formula is C24H28N4O4S. The minimum atomic E-state index is -3.59. The molecule has 8 nitrogen and oxygen atoms in total. The molecule has 2 aromatic carbocycles. The van der Waals surface area contributed by atoms with Gasteiger partial charge in [0.15, 0.2) is 11.5 Å². The lowest BCUT2D eigenvalue weighted by Crippen LogP contribution is -2.37. The number of rotatable bonds is 7. The maximum Gasteiger partial charge on any atom is 0.241 e. The van der Waals surface area contributed by atoms with E-state index < -0.39 is 10.0 Å². The van der Waals surface area contributed by atoms with Crippen molar-refractivity contribution in [2.24, 2.45) is 0 Å². The summed E-state index contributed by atoms with van der Waals surface area (Å²) >= 11 is 0. The van der Waals surface area contributed by atoms with Crippen molar-refractivity contribution in [2.45, 2.75) is 17.9 Å². The summed E-state index contributed by atoms with van der Waals surface area (Å²) in [5.74, 6) is 1.63. The molecule has 1 fully saturated rings. The molecule has 0 spiro atoms. The second-order valence-corrected chi connectivity index (χ2v) is 10.1. The molecule has 33 heavy (non-hydrogen) atoms. The lowest BCUT2D eigenvalue weighted by molar-refractivity contribution is 0.174. The summed E-state index contributed by atoms with van der Waals surface area (Å²) in [5.41, 5.74) is 1.21. The predicted octanol–water partition coefficient (Wildman–Crippen LogP) is 2.45. The fraction of sp³-hybridized carbons (Fsp3) is 0.375. The molecule has 1 saturated heterocycles. The SMILES string of the molecule is O=S(=O)(NCCN1CCCN(Cc2ccc3c(c2)OCO3)CC1)c1cccc2cnccc12. The van der Waals surface area contributed by atoms with Gasteiger partial charge in [0.25, 0.3) is 0 Å². The molecule has 0 aliphatic carbocycles. The first-order chi connectivity index (χ1) is 16.1. The van der Waals surface area contributed by atoms with E-state index in [9.17, 15) is 8.42 Å². The molecule has 2 aliphatic rings. The summed E-state index contributed by atoms with van der Waals surface area (Å²) in [6, 6.07) is 13.1. The number of benzene rings is 2. The van der Waals surface area contributed by atoms with E-state index in [2.05, 4.69) is 31.6 Å². The Kier molecular flexibility index (Phi) is 6.45. The molecule has 3 aromatic rings. The second kappa shape index (κ2) is 9.64. The molecule has 5 rings (SSSR count). The molecule has 1 N–H and O–H groups in total. The Morgan fingerprint density at radius 2 is 1.82 bits per heavy atom. The van der Waals surface area contributed by atoms with Gasteiger partial charge in [0.05, 0.1) is 4.90 Å². The zero-order valence-electron chi connectivity index (χ0n) is 18.4. The third kappa shape index (κ3) is 5.11. The molecular weight excluding hydrogens is 440 g/mol. The Hall–Kier alpha value is -2.72. The molecule has 0 saturated carbocycles. The van der Waals surface area contributed by atoms with Gasteiger partial charge in [-0.2, -0.15) is 0 Å². The summed E-state index contributed by atoms with van der Waals surface area (Å²) in [4.78, 5) is 9.14. The van der Waals surface area contributed by atoms with Crippen LogP contribution in [-0.2, 0) is 16.6 Å². The van der Waals surface area contributed by atoms with Gasteiger partial charge in [-0.1, -0.05) is 18.2 Å². The molecule has 0 radical (unpaired) electrons. The van der Waals surface area contributed by atoms with E-state index in [0.717, 1.165) is 56.0 Å². The number of hydrogen-bond acceptors (Lipinski definition) is 7. The van der Waals surface area contributed by atoms with E-state index in [0.29, 0.717) is 30.2 Å². The van der Waals surface area contributed by atoms with Crippen LogP contribution < -0.4 is 14.2 Å². The van der Waals surface area contributed by atoms with Crippen LogP contribution in [0.25, 0.3) is 10.8 Å². The molecule has 1 aromatic heterocycles. The largest absolute Gasteiger partial charge is 0.454 e. The fourth-order valence-corrected chi connectivity index (χ4v) is 5.70. The van der Waals surface area contributed by atoms with Gasteiger partial charge in [-0.25, -0.2) is 13.1 Å². The van der Waals surface area contributed by atoms with Gasteiger partial charge in [-0.3, -0.25) is 9.88 Å². The number of pyridine rings is 1. The van der Waals surface area contributed by atoms with Crippen LogP contribution in [0.1, 0.15) is 12.0 Å². The first-order valence-corrected chi connectivity index (χ1v) is 12.7. The third-order valence-corrected chi connectivity index (χ3v) is 7.69. The molecule has 0 unspecified atom stereocenters. The minimum Gasteiger partial charge on any atom is -0.454 e. The van der Waals surface area contributed by atoms with Gasteiger partial charge in [-0.15, -0.1) is 0 Å². The average molecular weight is 469 g/mol. The van der Waals surface area contributed by atoms with Gasteiger partial charge in [-0.05, 0) is 49.3 Å². The van der Waals surface area contributed by atoms with Crippen LogP contribution >= 0.6 is 0 Å². The topological polar surface area (TPSA) is 84.0 Å². The second-order valence-electron chi connectivity index (χ2n) is 8.41. The number of hydrogen-bond donors (Lipinski definition) is 1. The van der Waals surface area contributed by atoms with Gasteiger partial charge in [0.1, 0.15) is 0 Å². The monoisotopic (exact) mass is 468 g/mol. The Labute approximate surface area is 194 Å².